The van der Waals surface area contributed by atoms with E-state index < -0.39 is 0 Å². The second-order valence-corrected chi connectivity index (χ2v) is 5.27. The molecule has 86 valence electrons. The van der Waals surface area contributed by atoms with Gasteiger partial charge in [0, 0.05) is 12.6 Å². The molecule has 3 atom stereocenters. The lowest BCUT2D eigenvalue weighted by atomic mass is 9.64. The maximum Gasteiger partial charge on any atom is 0.210 e. The first-order valence-electron chi connectivity index (χ1n) is 5.80. The van der Waals surface area contributed by atoms with Crippen molar-refractivity contribution in [1.82, 2.24) is 19.7 Å². The molecule has 1 aliphatic carbocycles. The minimum absolute atomic E-state index is 0.0342. The maximum atomic E-state index is 11.1. The van der Waals surface area contributed by atoms with Crippen molar-refractivity contribution in [2.75, 3.05) is 0 Å². The van der Waals surface area contributed by atoms with Crippen LogP contribution in [0.4, 0.5) is 0 Å². The van der Waals surface area contributed by atoms with E-state index in [-0.39, 0.29) is 5.54 Å². The number of hydrogen-bond donors (Lipinski definition) is 0. The summed E-state index contributed by atoms with van der Waals surface area (Å²) in [7, 11) is 0. The van der Waals surface area contributed by atoms with Gasteiger partial charge in [0.15, 0.2) is 0 Å². The SMILES string of the molecule is C[C@H]1CC2CC(Cn3cnnc3)(C1)N2C=O. The van der Waals surface area contributed by atoms with Crippen molar-refractivity contribution < 1.29 is 4.79 Å². The van der Waals surface area contributed by atoms with Crippen LogP contribution in [-0.2, 0) is 11.3 Å². The van der Waals surface area contributed by atoms with Crippen LogP contribution in [0.15, 0.2) is 12.7 Å². The molecule has 1 amide bonds. The third kappa shape index (κ3) is 1.27. The summed E-state index contributed by atoms with van der Waals surface area (Å²) >= 11 is 0. The molecule has 5 heteroatoms. The highest BCUT2D eigenvalue weighted by Crippen LogP contribution is 2.49. The fraction of sp³-hybridized carbons (Fsp3) is 0.727. The van der Waals surface area contributed by atoms with Gasteiger partial charge in [-0.25, -0.2) is 0 Å². The van der Waals surface area contributed by atoms with Crippen molar-refractivity contribution in [3.05, 3.63) is 12.7 Å². The van der Waals surface area contributed by atoms with Crippen molar-refractivity contribution in [3.63, 3.8) is 0 Å². The predicted molar refractivity (Wildman–Crippen MR) is 57.5 cm³/mol. The molecule has 4 rings (SSSR count). The molecular formula is C11H16N4O. The minimum atomic E-state index is 0.0342. The predicted octanol–water partition coefficient (Wildman–Crippen LogP) is 0.677. The van der Waals surface area contributed by atoms with Crippen molar-refractivity contribution in [2.24, 2.45) is 5.92 Å². The molecule has 16 heavy (non-hydrogen) atoms. The zero-order valence-electron chi connectivity index (χ0n) is 9.41. The molecule has 1 aromatic heterocycles. The van der Waals surface area contributed by atoms with Crippen molar-refractivity contribution >= 4 is 6.41 Å². The third-order valence-corrected chi connectivity index (χ3v) is 4.02. The lowest BCUT2D eigenvalue weighted by Gasteiger charge is -2.62. The number of rotatable bonds is 3. The molecule has 0 N–H and O–H groups in total. The average molecular weight is 220 g/mol. The maximum absolute atomic E-state index is 11.1. The van der Waals surface area contributed by atoms with E-state index in [0.717, 1.165) is 32.2 Å². The smallest absolute Gasteiger partial charge is 0.210 e. The van der Waals surface area contributed by atoms with E-state index in [1.807, 2.05) is 9.47 Å². The molecular weight excluding hydrogens is 204 g/mol. The van der Waals surface area contributed by atoms with E-state index in [4.69, 9.17) is 0 Å². The van der Waals surface area contributed by atoms with Crippen LogP contribution in [0.1, 0.15) is 26.2 Å². The quantitative estimate of drug-likeness (QED) is 0.704. The zero-order chi connectivity index (χ0) is 11.2. The van der Waals surface area contributed by atoms with Crippen molar-refractivity contribution in [2.45, 2.75) is 44.3 Å². The van der Waals surface area contributed by atoms with Crippen LogP contribution in [0.3, 0.4) is 0 Å². The summed E-state index contributed by atoms with van der Waals surface area (Å²) in [5.74, 6) is 0.714. The van der Waals surface area contributed by atoms with Gasteiger partial charge in [0.25, 0.3) is 0 Å². The summed E-state index contributed by atoms with van der Waals surface area (Å²) in [6.45, 7) is 3.11. The highest BCUT2D eigenvalue weighted by Gasteiger charge is 2.55. The van der Waals surface area contributed by atoms with Gasteiger partial charge in [-0.3, -0.25) is 4.79 Å². The number of carbonyl (C=O) groups excluding carboxylic acids is 1. The molecule has 0 aromatic carbocycles. The fourth-order valence-corrected chi connectivity index (χ4v) is 3.55. The normalized spacial score (nSPS) is 36.9. The van der Waals surface area contributed by atoms with Crippen molar-refractivity contribution in [1.29, 1.82) is 0 Å². The monoisotopic (exact) mass is 220 g/mol. The number of nitrogens with zero attached hydrogens (tertiary/aromatic N) is 4. The molecule has 3 heterocycles. The number of fused-ring (bicyclic) bond motifs is 2. The summed E-state index contributed by atoms with van der Waals surface area (Å²) in [6, 6.07) is 0.470. The molecule has 2 unspecified atom stereocenters. The fourth-order valence-electron chi connectivity index (χ4n) is 3.55. The summed E-state index contributed by atoms with van der Waals surface area (Å²) in [5.41, 5.74) is 0.0342. The Morgan fingerprint density at radius 1 is 1.44 bits per heavy atom. The Morgan fingerprint density at radius 3 is 2.88 bits per heavy atom. The van der Waals surface area contributed by atoms with Gasteiger partial charge in [0.2, 0.25) is 6.41 Å². The van der Waals surface area contributed by atoms with Crippen LogP contribution in [0.25, 0.3) is 0 Å². The first kappa shape index (κ1) is 9.81. The van der Waals surface area contributed by atoms with Crippen LogP contribution in [0.5, 0.6) is 0 Å². The number of carbonyl (C=O) groups is 1. The molecule has 3 aliphatic rings. The Morgan fingerprint density at radius 2 is 2.19 bits per heavy atom. The van der Waals surface area contributed by atoms with E-state index in [1.165, 1.54) is 0 Å². The van der Waals surface area contributed by atoms with E-state index >= 15 is 0 Å². The van der Waals surface area contributed by atoms with Crippen molar-refractivity contribution in [3.8, 4) is 0 Å². The third-order valence-electron chi connectivity index (χ3n) is 4.02. The minimum Gasteiger partial charge on any atom is -0.335 e. The summed E-state index contributed by atoms with van der Waals surface area (Å²) in [6.07, 6.45) is 7.86. The van der Waals surface area contributed by atoms with Crippen LogP contribution in [0.2, 0.25) is 0 Å². The van der Waals surface area contributed by atoms with Gasteiger partial charge in [0.05, 0.1) is 5.54 Å². The standard InChI is InChI=1S/C11H16N4O/c1-9-2-10-4-11(3-9,15(10)8-16)5-14-6-12-13-7-14/h6-10H,2-5H2,1H3/t9-,10?,11?/m0/s1. The second-order valence-electron chi connectivity index (χ2n) is 5.27. The topological polar surface area (TPSA) is 51.0 Å². The Labute approximate surface area is 94.5 Å². The highest BCUT2D eigenvalue weighted by atomic mass is 16.1. The molecule has 2 aliphatic heterocycles. The summed E-state index contributed by atoms with van der Waals surface area (Å²) in [4.78, 5) is 13.1. The van der Waals surface area contributed by atoms with E-state index in [0.29, 0.717) is 12.0 Å². The lowest BCUT2D eigenvalue weighted by Crippen LogP contribution is -2.70. The lowest BCUT2D eigenvalue weighted by molar-refractivity contribution is -0.160. The van der Waals surface area contributed by atoms with Gasteiger partial charge in [-0.2, -0.15) is 0 Å². The largest absolute Gasteiger partial charge is 0.335 e. The Hall–Kier alpha value is -1.39. The Kier molecular flexibility index (Phi) is 2.02. The van der Waals surface area contributed by atoms with Crippen LogP contribution in [0, 0.1) is 5.92 Å². The Bertz CT molecular complexity index is 391. The molecule has 2 saturated heterocycles. The van der Waals surface area contributed by atoms with Crippen LogP contribution < -0.4 is 0 Å². The van der Waals surface area contributed by atoms with E-state index in [9.17, 15) is 4.79 Å². The number of amides is 1. The van der Waals surface area contributed by atoms with Gasteiger partial charge in [-0.15, -0.1) is 10.2 Å². The van der Waals surface area contributed by atoms with Gasteiger partial charge >= 0.3 is 0 Å². The zero-order valence-corrected chi connectivity index (χ0v) is 9.41. The molecule has 3 fully saturated rings. The van der Waals surface area contributed by atoms with Crippen LogP contribution in [-0.4, -0.2) is 37.7 Å². The van der Waals surface area contributed by atoms with E-state index in [1.54, 1.807) is 12.7 Å². The highest BCUT2D eigenvalue weighted by molar-refractivity contribution is 5.53. The van der Waals surface area contributed by atoms with Gasteiger partial charge in [-0.1, -0.05) is 6.92 Å². The average Bonchev–Trinajstić information content (AvgIpc) is 2.69. The van der Waals surface area contributed by atoms with E-state index in [2.05, 4.69) is 17.1 Å². The summed E-state index contributed by atoms with van der Waals surface area (Å²) < 4.78 is 1.98. The number of piperidine rings is 1. The molecule has 5 nitrogen and oxygen atoms in total. The second kappa shape index (κ2) is 3.30. The first-order valence-corrected chi connectivity index (χ1v) is 5.80. The van der Waals surface area contributed by atoms with Gasteiger partial charge < -0.3 is 9.47 Å². The molecule has 1 aromatic rings. The van der Waals surface area contributed by atoms with Gasteiger partial charge in [0.1, 0.15) is 12.7 Å². The summed E-state index contributed by atoms with van der Waals surface area (Å²) in [5, 5.41) is 7.62. The van der Waals surface area contributed by atoms with Gasteiger partial charge in [-0.05, 0) is 25.2 Å². The number of hydrogen-bond acceptors (Lipinski definition) is 3. The molecule has 2 bridgehead atoms. The Balaban J connectivity index is 1.82. The molecule has 1 saturated carbocycles. The van der Waals surface area contributed by atoms with Crippen LogP contribution >= 0.6 is 0 Å². The molecule has 0 spiro atoms. The number of aromatic nitrogens is 3. The first-order chi connectivity index (χ1) is 7.73. The molecule has 0 radical (unpaired) electrons.